The average molecular weight is 220 g/mol. The molecule has 0 heterocycles. The molecule has 1 atom stereocenters. The van der Waals surface area contributed by atoms with Crippen LogP contribution in [-0.4, -0.2) is 18.7 Å². The summed E-state index contributed by atoms with van der Waals surface area (Å²) in [5.74, 6) is -0.363. The van der Waals surface area contributed by atoms with Gasteiger partial charge >= 0.3 is 0 Å². The molecule has 0 fully saturated rings. The predicted molar refractivity (Wildman–Crippen MR) is 61.1 cm³/mol. The lowest BCUT2D eigenvalue weighted by atomic mass is 9.89. The fourth-order valence-corrected chi connectivity index (χ4v) is 1.54. The third kappa shape index (κ3) is 2.55. The van der Waals surface area contributed by atoms with Gasteiger partial charge in [-0.3, -0.25) is 9.59 Å². The topological polar surface area (TPSA) is 43.4 Å². The van der Waals surface area contributed by atoms with E-state index in [0.717, 1.165) is 5.56 Å². The Morgan fingerprint density at radius 1 is 1.25 bits per heavy atom. The van der Waals surface area contributed by atoms with E-state index >= 15 is 0 Å². The minimum atomic E-state index is -1.03. The Morgan fingerprint density at radius 2 is 1.81 bits per heavy atom. The van der Waals surface area contributed by atoms with Gasteiger partial charge in [0.15, 0.2) is 5.78 Å². The van der Waals surface area contributed by atoms with Crippen LogP contribution in [0.25, 0.3) is 0 Å². The number of Topliss-reactive ketones (excluding diaryl/α,β-unsaturated/α-hetero) is 2. The molecule has 3 heteroatoms. The summed E-state index contributed by atoms with van der Waals surface area (Å²) in [6, 6.07) is 9.19. The Bertz CT molecular complexity index is 383. The predicted octanol–water partition coefficient (Wildman–Crippen LogP) is 2.10. The number of hydrogen-bond acceptors (Lipinski definition) is 3. The zero-order chi connectivity index (χ0) is 12.2. The number of carbonyl (C=O) groups is 2. The van der Waals surface area contributed by atoms with Crippen LogP contribution in [0.1, 0.15) is 25.8 Å². The van der Waals surface area contributed by atoms with Crippen molar-refractivity contribution in [3.63, 3.8) is 0 Å². The molecular formula is C13H16O3. The van der Waals surface area contributed by atoms with Gasteiger partial charge in [0.25, 0.3) is 0 Å². The number of benzene rings is 1. The van der Waals surface area contributed by atoms with Crippen LogP contribution < -0.4 is 0 Å². The Labute approximate surface area is 95.4 Å². The fraction of sp³-hybridized carbons (Fsp3) is 0.385. The van der Waals surface area contributed by atoms with Gasteiger partial charge in [-0.1, -0.05) is 30.3 Å². The molecule has 1 aromatic rings. The minimum absolute atomic E-state index is 0.0980. The molecule has 1 aromatic carbocycles. The third-order valence-electron chi connectivity index (χ3n) is 2.67. The molecular weight excluding hydrogens is 204 g/mol. The molecule has 3 nitrogen and oxygen atoms in total. The molecule has 0 saturated heterocycles. The van der Waals surface area contributed by atoms with Crippen LogP contribution >= 0.6 is 0 Å². The number of methoxy groups -OCH3 is 1. The first-order valence-electron chi connectivity index (χ1n) is 5.14. The van der Waals surface area contributed by atoms with Gasteiger partial charge in [-0.25, -0.2) is 0 Å². The summed E-state index contributed by atoms with van der Waals surface area (Å²) in [5, 5.41) is 0. The highest BCUT2D eigenvalue weighted by Gasteiger charge is 2.34. The lowest BCUT2D eigenvalue weighted by Crippen LogP contribution is -2.35. The number of hydrogen-bond donors (Lipinski definition) is 0. The summed E-state index contributed by atoms with van der Waals surface area (Å²) in [6.07, 6.45) is -0.0980. The number of ketones is 2. The minimum Gasteiger partial charge on any atom is -0.366 e. The monoisotopic (exact) mass is 220 g/mol. The summed E-state index contributed by atoms with van der Waals surface area (Å²) in [4.78, 5) is 22.9. The van der Waals surface area contributed by atoms with Crippen molar-refractivity contribution in [3.8, 4) is 0 Å². The van der Waals surface area contributed by atoms with Crippen molar-refractivity contribution in [2.24, 2.45) is 0 Å². The Hall–Kier alpha value is -1.48. The summed E-state index contributed by atoms with van der Waals surface area (Å²) in [6.45, 7) is 3.09. The first kappa shape index (κ1) is 12.6. The van der Waals surface area contributed by atoms with E-state index in [2.05, 4.69) is 0 Å². The zero-order valence-corrected chi connectivity index (χ0v) is 9.82. The van der Waals surface area contributed by atoms with Gasteiger partial charge < -0.3 is 4.74 Å². The van der Waals surface area contributed by atoms with E-state index in [1.165, 1.54) is 14.0 Å². The molecule has 0 bridgehead atoms. The molecule has 0 N–H and O–H groups in total. The van der Waals surface area contributed by atoms with Crippen molar-refractivity contribution in [2.45, 2.75) is 25.9 Å². The van der Waals surface area contributed by atoms with Gasteiger partial charge in [0.2, 0.25) is 0 Å². The molecule has 16 heavy (non-hydrogen) atoms. The van der Waals surface area contributed by atoms with Gasteiger partial charge in [0.05, 0.1) is 6.42 Å². The second-order valence-corrected chi connectivity index (χ2v) is 3.91. The number of ether oxygens (including phenoxy) is 1. The molecule has 0 spiro atoms. The SMILES string of the molecule is CO[C@@](C)(C(=O)CC(C)=O)c1ccccc1. The number of rotatable bonds is 5. The van der Waals surface area contributed by atoms with Crippen LogP contribution in [0.5, 0.6) is 0 Å². The van der Waals surface area contributed by atoms with E-state index in [9.17, 15) is 9.59 Å². The van der Waals surface area contributed by atoms with E-state index in [-0.39, 0.29) is 18.0 Å². The Kier molecular flexibility index (Phi) is 3.96. The summed E-state index contributed by atoms with van der Waals surface area (Å²) in [7, 11) is 1.48. The smallest absolute Gasteiger partial charge is 0.176 e. The Morgan fingerprint density at radius 3 is 2.25 bits per heavy atom. The zero-order valence-electron chi connectivity index (χ0n) is 9.82. The first-order chi connectivity index (χ1) is 7.50. The molecule has 0 amide bonds. The molecule has 0 radical (unpaired) electrons. The van der Waals surface area contributed by atoms with Crippen LogP contribution in [0, 0.1) is 0 Å². The average Bonchev–Trinajstić information content (AvgIpc) is 2.28. The second-order valence-electron chi connectivity index (χ2n) is 3.91. The fourth-order valence-electron chi connectivity index (χ4n) is 1.54. The van der Waals surface area contributed by atoms with Crippen molar-refractivity contribution in [3.05, 3.63) is 35.9 Å². The molecule has 86 valence electrons. The first-order valence-corrected chi connectivity index (χ1v) is 5.14. The number of carbonyl (C=O) groups excluding carboxylic acids is 2. The van der Waals surface area contributed by atoms with E-state index < -0.39 is 5.60 Å². The molecule has 0 aromatic heterocycles. The molecule has 0 aliphatic heterocycles. The van der Waals surface area contributed by atoms with Crippen LogP contribution in [0.15, 0.2) is 30.3 Å². The van der Waals surface area contributed by atoms with E-state index in [1.54, 1.807) is 6.92 Å². The van der Waals surface area contributed by atoms with E-state index in [0.29, 0.717) is 0 Å². The molecule has 0 aliphatic rings. The van der Waals surface area contributed by atoms with E-state index in [1.807, 2.05) is 30.3 Å². The Balaban J connectivity index is 3.03. The van der Waals surface area contributed by atoms with Gasteiger partial charge in [-0.05, 0) is 19.4 Å². The van der Waals surface area contributed by atoms with Crippen molar-refractivity contribution in [1.29, 1.82) is 0 Å². The highest BCUT2D eigenvalue weighted by molar-refractivity contribution is 6.02. The summed E-state index contributed by atoms with van der Waals surface area (Å²) < 4.78 is 5.28. The van der Waals surface area contributed by atoms with Crippen LogP contribution in [0.2, 0.25) is 0 Å². The van der Waals surface area contributed by atoms with Crippen molar-refractivity contribution in [2.75, 3.05) is 7.11 Å². The van der Waals surface area contributed by atoms with Gasteiger partial charge in [0.1, 0.15) is 11.4 Å². The summed E-state index contributed by atoms with van der Waals surface area (Å²) in [5.41, 5.74) is -0.267. The van der Waals surface area contributed by atoms with Crippen LogP contribution in [-0.2, 0) is 19.9 Å². The van der Waals surface area contributed by atoms with Crippen molar-refractivity contribution < 1.29 is 14.3 Å². The molecule has 1 rings (SSSR count). The van der Waals surface area contributed by atoms with Gasteiger partial charge in [0, 0.05) is 7.11 Å². The van der Waals surface area contributed by atoms with Crippen molar-refractivity contribution in [1.82, 2.24) is 0 Å². The second kappa shape index (κ2) is 5.03. The maximum Gasteiger partial charge on any atom is 0.176 e. The maximum atomic E-state index is 12.0. The standard InChI is InChI=1S/C13H16O3/c1-10(14)9-12(15)13(2,16-3)11-7-5-4-6-8-11/h4-8H,9H2,1-3H3/t13-/m1/s1. The lowest BCUT2D eigenvalue weighted by molar-refractivity contribution is -0.142. The normalized spacial score (nSPS) is 14.2. The van der Waals surface area contributed by atoms with E-state index in [4.69, 9.17) is 4.74 Å². The van der Waals surface area contributed by atoms with Gasteiger partial charge in [-0.15, -0.1) is 0 Å². The van der Waals surface area contributed by atoms with Crippen LogP contribution in [0.3, 0.4) is 0 Å². The molecule has 0 aliphatic carbocycles. The van der Waals surface area contributed by atoms with Crippen molar-refractivity contribution >= 4 is 11.6 Å². The molecule has 0 unspecified atom stereocenters. The third-order valence-corrected chi connectivity index (χ3v) is 2.67. The maximum absolute atomic E-state index is 12.0. The lowest BCUT2D eigenvalue weighted by Gasteiger charge is -2.26. The van der Waals surface area contributed by atoms with Crippen LogP contribution in [0.4, 0.5) is 0 Å². The van der Waals surface area contributed by atoms with Gasteiger partial charge in [-0.2, -0.15) is 0 Å². The quantitative estimate of drug-likeness (QED) is 0.714. The largest absolute Gasteiger partial charge is 0.366 e. The highest BCUT2D eigenvalue weighted by Crippen LogP contribution is 2.26. The highest BCUT2D eigenvalue weighted by atomic mass is 16.5. The summed E-state index contributed by atoms with van der Waals surface area (Å²) >= 11 is 0. The molecule has 0 saturated carbocycles.